The van der Waals surface area contributed by atoms with Crippen molar-refractivity contribution in [1.82, 2.24) is 5.32 Å². The van der Waals surface area contributed by atoms with Crippen molar-refractivity contribution < 1.29 is 0 Å². The third-order valence-electron chi connectivity index (χ3n) is 1.60. The number of likely N-dealkylation sites (N-methyl/N-ethyl adjacent to an activating group) is 1. The van der Waals surface area contributed by atoms with Crippen LogP contribution in [0.4, 0.5) is 0 Å². The first-order chi connectivity index (χ1) is 6.29. The summed E-state index contributed by atoms with van der Waals surface area (Å²) in [4.78, 5) is 0. The monoisotopic (exact) mass is 181 g/mol. The van der Waals surface area contributed by atoms with Crippen molar-refractivity contribution in [1.29, 1.82) is 0 Å². The van der Waals surface area contributed by atoms with Crippen LogP contribution in [0.15, 0.2) is 36.1 Å². The Balaban J connectivity index is 0. The zero-order valence-electron chi connectivity index (χ0n) is 9.65. The van der Waals surface area contributed by atoms with Crippen molar-refractivity contribution in [2.24, 2.45) is 0 Å². The molecule has 76 valence electrons. The molecule has 1 N–H and O–H groups in total. The van der Waals surface area contributed by atoms with Gasteiger partial charge in [0.05, 0.1) is 0 Å². The van der Waals surface area contributed by atoms with Gasteiger partial charge in [-0.05, 0) is 18.9 Å². The predicted octanol–water partition coefficient (Wildman–Crippen LogP) is 3.66. The quantitative estimate of drug-likeness (QED) is 0.653. The lowest BCUT2D eigenvalue weighted by molar-refractivity contribution is 0.950. The molecule has 13 heavy (non-hydrogen) atoms. The summed E-state index contributed by atoms with van der Waals surface area (Å²) in [6.45, 7) is 11.8. The molecule has 0 aromatic carbocycles. The molecule has 0 saturated carbocycles. The van der Waals surface area contributed by atoms with E-state index < -0.39 is 0 Å². The summed E-state index contributed by atoms with van der Waals surface area (Å²) in [7, 11) is 1.93. The lowest BCUT2D eigenvalue weighted by Gasteiger charge is -2.07. The van der Waals surface area contributed by atoms with E-state index in [0.717, 1.165) is 6.42 Å². The normalized spacial score (nSPS) is 11.5. The maximum atomic E-state index is 3.67. The molecule has 0 fully saturated rings. The van der Waals surface area contributed by atoms with E-state index in [1.54, 1.807) is 0 Å². The minimum absolute atomic E-state index is 1.03. The topological polar surface area (TPSA) is 12.0 Å². The first kappa shape index (κ1) is 14.5. The molecule has 0 atom stereocenters. The summed E-state index contributed by atoms with van der Waals surface area (Å²) in [6, 6.07) is 0. The Morgan fingerprint density at radius 1 is 1.38 bits per heavy atom. The average molecular weight is 181 g/mol. The van der Waals surface area contributed by atoms with Gasteiger partial charge in [-0.1, -0.05) is 45.6 Å². The van der Waals surface area contributed by atoms with E-state index in [4.69, 9.17) is 0 Å². The Bertz CT molecular complexity index is 176. The van der Waals surface area contributed by atoms with Crippen LogP contribution in [0, 0.1) is 0 Å². The van der Waals surface area contributed by atoms with Gasteiger partial charge in [0.1, 0.15) is 0 Å². The summed E-state index contributed by atoms with van der Waals surface area (Å²) in [5.74, 6) is 0. The van der Waals surface area contributed by atoms with Crippen molar-refractivity contribution in [3.05, 3.63) is 36.1 Å². The summed E-state index contributed by atoms with van der Waals surface area (Å²) in [5.41, 5.74) is 2.48. The van der Waals surface area contributed by atoms with Crippen LogP contribution in [0.3, 0.4) is 0 Å². The summed E-state index contributed by atoms with van der Waals surface area (Å²) in [6.07, 6.45) is 6.96. The molecule has 0 spiro atoms. The van der Waals surface area contributed by atoms with Crippen molar-refractivity contribution in [3.63, 3.8) is 0 Å². The third kappa shape index (κ3) is 6.21. The first-order valence-corrected chi connectivity index (χ1v) is 4.96. The second-order valence-electron chi connectivity index (χ2n) is 2.23. The van der Waals surface area contributed by atoms with Crippen LogP contribution in [0.5, 0.6) is 0 Å². The van der Waals surface area contributed by atoms with Crippen LogP contribution < -0.4 is 5.32 Å². The van der Waals surface area contributed by atoms with Gasteiger partial charge in [0.15, 0.2) is 0 Å². The minimum Gasteiger partial charge on any atom is -0.388 e. The molecule has 0 radical (unpaired) electrons. The van der Waals surface area contributed by atoms with Crippen LogP contribution in [0.25, 0.3) is 0 Å². The maximum Gasteiger partial charge on any atom is 0.0326 e. The van der Waals surface area contributed by atoms with Crippen LogP contribution in [0.2, 0.25) is 0 Å². The van der Waals surface area contributed by atoms with E-state index >= 15 is 0 Å². The molecule has 0 rings (SSSR count). The molecule has 0 aromatic heterocycles. The van der Waals surface area contributed by atoms with Gasteiger partial charge in [0.2, 0.25) is 0 Å². The molecule has 0 bridgehead atoms. The van der Waals surface area contributed by atoms with E-state index in [-0.39, 0.29) is 0 Å². The summed E-state index contributed by atoms with van der Waals surface area (Å²) < 4.78 is 0. The molecule has 0 aliphatic rings. The van der Waals surface area contributed by atoms with Gasteiger partial charge in [-0.25, -0.2) is 0 Å². The Labute approximate surface area is 83.2 Å². The molecule has 1 nitrogen and oxygen atoms in total. The fourth-order valence-electron chi connectivity index (χ4n) is 1.03. The minimum atomic E-state index is 1.03. The standard InChI is InChI=1S/C10H17N.C2H6/c1-5-8-9(6-2)10(7-3)11-4;1-2/h5,7-8,11H,1,6H2,2-4H3;1-2H3/b9-8-,10-7+;. The van der Waals surface area contributed by atoms with E-state index in [1.165, 1.54) is 11.3 Å². The summed E-state index contributed by atoms with van der Waals surface area (Å²) >= 11 is 0. The van der Waals surface area contributed by atoms with Crippen LogP contribution in [-0.2, 0) is 0 Å². The van der Waals surface area contributed by atoms with Gasteiger partial charge >= 0.3 is 0 Å². The van der Waals surface area contributed by atoms with Gasteiger partial charge in [-0.15, -0.1) is 0 Å². The van der Waals surface area contributed by atoms with Crippen molar-refractivity contribution >= 4 is 0 Å². The highest BCUT2D eigenvalue weighted by molar-refractivity contribution is 5.30. The Morgan fingerprint density at radius 3 is 2.15 bits per heavy atom. The highest BCUT2D eigenvalue weighted by Gasteiger charge is 1.96. The van der Waals surface area contributed by atoms with Gasteiger partial charge in [-0.2, -0.15) is 0 Å². The van der Waals surface area contributed by atoms with Crippen LogP contribution >= 0.6 is 0 Å². The second-order valence-corrected chi connectivity index (χ2v) is 2.23. The molecule has 0 aliphatic carbocycles. The fraction of sp³-hybridized carbons (Fsp3) is 0.500. The lowest BCUT2D eigenvalue weighted by Crippen LogP contribution is -2.07. The molecule has 0 heterocycles. The van der Waals surface area contributed by atoms with Crippen molar-refractivity contribution in [2.75, 3.05) is 7.05 Å². The van der Waals surface area contributed by atoms with Gasteiger partial charge in [-0.3, -0.25) is 0 Å². The third-order valence-corrected chi connectivity index (χ3v) is 1.60. The number of nitrogens with one attached hydrogen (secondary N) is 1. The predicted molar refractivity (Wildman–Crippen MR) is 62.7 cm³/mol. The zero-order chi connectivity index (χ0) is 10.7. The van der Waals surface area contributed by atoms with Crippen molar-refractivity contribution in [2.45, 2.75) is 34.1 Å². The van der Waals surface area contributed by atoms with Gasteiger partial charge in [0, 0.05) is 12.7 Å². The molecule has 0 aliphatic heterocycles. The largest absolute Gasteiger partial charge is 0.388 e. The molecule has 0 amide bonds. The van der Waals surface area contributed by atoms with E-state index in [9.17, 15) is 0 Å². The van der Waals surface area contributed by atoms with Gasteiger partial charge in [0.25, 0.3) is 0 Å². The SMILES string of the molecule is C=C/C=C(CC)\C(=C/C)NC.CC. The highest BCUT2D eigenvalue weighted by atomic mass is 14.8. The molecular weight excluding hydrogens is 158 g/mol. The molecular formula is C12H23N. The highest BCUT2D eigenvalue weighted by Crippen LogP contribution is 2.09. The summed E-state index contributed by atoms with van der Waals surface area (Å²) in [5, 5.41) is 3.13. The molecule has 0 unspecified atom stereocenters. The molecule has 1 heteroatoms. The fourth-order valence-corrected chi connectivity index (χ4v) is 1.03. The second kappa shape index (κ2) is 11.0. The number of rotatable bonds is 4. The number of hydrogen-bond donors (Lipinski definition) is 1. The van der Waals surface area contributed by atoms with E-state index in [0.29, 0.717) is 0 Å². The van der Waals surface area contributed by atoms with Crippen molar-refractivity contribution in [3.8, 4) is 0 Å². The van der Waals surface area contributed by atoms with E-state index in [1.807, 2.05) is 40.0 Å². The lowest BCUT2D eigenvalue weighted by atomic mass is 10.1. The first-order valence-electron chi connectivity index (χ1n) is 4.96. The van der Waals surface area contributed by atoms with Crippen LogP contribution in [0.1, 0.15) is 34.1 Å². The Hall–Kier alpha value is -0.980. The van der Waals surface area contributed by atoms with Crippen LogP contribution in [-0.4, -0.2) is 7.05 Å². The average Bonchev–Trinajstić information content (AvgIpc) is 2.21. The maximum absolute atomic E-state index is 3.67. The van der Waals surface area contributed by atoms with Gasteiger partial charge < -0.3 is 5.32 Å². The zero-order valence-corrected chi connectivity index (χ0v) is 9.65. The Kier molecular flexibility index (Phi) is 12.3. The Morgan fingerprint density at radius 2 is 1.92 bits per heavy atom. The van der Waals surface area contributed by atoms with E-state index in [2.05, 4.69) is 24.9 Å². The number of hydrogen-bond acceptors (Lipinski definition) is 1. The smallest absolute Gasteiger partial charge is 0.0326 e. The molecule has 0 saturated heterocycles. The number of allylic oxidation sites excluding steroid dienone is 4. The molecule has 0 aromatic rings.